The Balaban J connectivity index is 0.00000256. The smallest absolute Gasteiger partial charge is 0.244 e. The van der Waals surface area contributed by atoms with Crippen molar-refractivity contribution in [3.05, 3.63) is 82.9 Å². The number of carbonyl (C=O) groups excluding carboxylic acids is 1. The molecular weight excluding hydrogens is 421 g/mol. The maximum Gasteiger partial charge on any atom is 0.244 e. The van der Waals surface area contributed by atoms with Crippen LogP contribution < -0.4 is 10.2 Å². The lowest BCUT2D eigenvalue weighted by molar-refractivity contribution is -0.118. The van der Waals surface area contributed by atoms with Gasteiger partial charge in [-0.15, -0.1) is 12.4 Å². The van der Waals surface area contributed by atoms with Crippen LogP contribution in [0.5, 0.6) is 0 Å². The van der Waals surface area contributed by atoms with Crippen molar-refractivity contribution in [2.24, 2.45) is 0 Å². The molecule has 30 heavy (non-hydrogen) atoms. The third kappa shape index (κ3) is 4.65. The standard InChI is InChI=1S/C22H20ClN5O.ClH/c23-19-3-1-2-4-21(19)28-10-9-20(22(28)29)26-13-18-12-25-15-27(18)14-17-7-5-16(11-24)6-8-17;/h1-8,12,15,20,26H,9-10,13-14H2;1H/t20-;/m1./s1. The normalized spacial score (nSPS) is 15.7. The molecule has 1 fully saturated rings. The highest BCUT2D eigenvalue weighted by Crippen LogP contribution is 2.29. The Morgan fingerprint density at radius 1 is 1.20 bits per heavy atom. The number of carbonyl (C=O) groups is 1. The second-order valence-electron chi connectivity index (χ2n) is 6.99. The molecule has 1 aromatic heterocycles. The first-order valence-electron chi connectivity index (χ1n) is 9.43. The number of hydrogen-bond donors (Lipinski definition) is 1. The van der Waals surface area contributed by atoms with E-state index in [1.807, 2.05) is 53.2 Å². The van der Waals surface area contributed by atoms with Gasteiger partial charge in [-0.3, -0.25) is 4.79 Å². The minimum absolute atomic E-state index is 0. The molecular formula is C22H21Cl2N5O. The van der Waals surface area contributed by atoms with E-state index in [4.69, 9.17) is 16.9 Å². The molecule has 3 aromatic rings. The van der Waals surface area contributed by atoms with Crippen LogP contribution in [0, 0.1) is 11.3 Å². The Morgan fingerprint density at radius 2 is 1.97 bits per heavy atom. The summed E-state index contributed by atoms with van der Waals surface area (Å²) in [7, 11) is 0. The minimum Gasteiger partial charge on any atom is -0.329 e. The molecule has 0 aliphatic carbocycles. The summed E-state index contributed by atoms with van der Waals surface area (Å²) >= 11 is 6.25. The summed E-state index contributed by atoms with van der Waals surface area (Å²) in [6.07, 6.45) is 4.32. The fourth-order valence-corrected chi connectivity index (χ4v) is 3.76. The van der Waals surface area contributed by atoms with E-state index >= 15 is 0 Å². The lowest BCUT2D eigenvalue weighted by Gasteiger charge is -2.18. The van der Waals surface area contributed by atoms with Gasteiger partial charge >= 0.3 is 0 Å². The highest BCUT2D eigenvalue weighted by atomic mass is 35.5. The van der Waals surface area contributed by atoms with Gasteiger partial charge in [0.2, 0.25) is 5.91 Å². The maximum atomic E-state index is 12.8. The van der Waals surface area contributed by atoms with Gasteiger partial charge in [0.05, 0.1) is 40.4 Å². The first kappa shape index (κ1) is 21.8. The second kappa shape index (κ2) is 9.77. The molecule has 4 rings (SSSR count). The fraction of sp³-hybridized carbons (Fsp3) is 0.227. The summed E-state index contributed by atoms with van der Waals surface area (Å²) in [5.74, 6) is 0.0382. The molecule has 0 unspecified atom stereocenters. The molecule has 1 N–H and O–H groups in total. The van der Waals surface area contributed by atoms with E-state index in [1.165, 1.54) is 0 Å². The maximum absolute atomic E-state index is 12.8. The monoisotopic (exact) mass is 441 g/mol. The molecule has 1 aliphatic heterocycles. The van der Waals surface area contributed by atoms with Crippen molar-refractivity contribution < 1.29 is 4.79 Å². The number of nitrogens with zero attached hydrogens (tertiary/aromatic N) is 4. The quantitative estimate of drug-likeness (QED) is 0.631. The van der Waals surface area contributed by atoms with Crippen molar-refractivity contribution in [3.63, 3.8) is 0 Å². The van der Waals surface area contributed by atoms with Gasteiger partial charge in [-0.25, -0.2) is 4.98 Å². The molecule has 154 valence electrons. The number of amides is 1. The van der Waals surface area contributed by atoms with E-state index in [-0.39, 0.29) is 24.4 Å². The Morgan fingerprint density at radius 3 is 2.70 bits per heavy atom. The van der Waals surface area contributed by atoms with Crippen LogP contribution in [0.3, 0.4) is 0 Å². The number of para-hydroxylation sites is 1. The Bertz CT molecular complexity index is 1060. The minimum atomic E-state index is -0.246. The van der Waals surface area contributed by atoms with Crippen molar-refractivity contribution in [1.82, 2.24) is 14.9 Å². The summed E-state index contributed by atoms with van der Waals surface area (Å²) in [5, 5.41) is 12.9. The predicted octanol–water partition coefficient (Wildman–Crippen LogP) is 3.77. The molecule has 6 nitrogen and oxygen atoms in total. The molecule has 8 heteroatoms. The molecule has 0 spiro atoms. The Hall–Kier alpha value is -2.85. The van der Waals surface area contributed by atoms with Crippen molar-refractivity contribution in [2.75, 3.05) is 11.4 Å². The number of imidazole rings is 1. The molecule has 0 radical (unpaired) electrons. The SMILES string of the molecule is Cl.N#Cc1ccc(Cn2cncc2CN[C@@H]2CCN(c3ccccc3Cl)C2=O)cc1. The Labute approximate surface area is 186 Å². The number of nitrogens with one attached hydrogen (secondary N) is 1. The van der Waals surface area contributed by atoms with Crippen molar-refractivity contribution in [3.8, 4) is 6.07 Å². The summed E-state index contributed by atoms with van der Waals surface area (Å²) in [5.41, 5.74) is 3.49. The number of aromatic nitrogens is 2. The molecule has 2 heterocycles. The van der Waals surface area contributed by atoms with E-state index in [0.29, 0.717) is 30.2 Å². The molecule has 1 aliphatic rings. The van der Waals surface area contributed by atoms with Crippen LogP contribution in [0.4, 0.5) is 5.69 Å². The van der Waals surface area contributed by atoms with Gasteiger partial charge in [0.25, 0.3) is 0 Å². The zero-order chi connectivity index (χ0) is 20.2. The zero-order valence-corrected chi connectivity index (χ0v) is 17.7. The van der Waals surface area contributed by atoms with Gasteiger partial charge in [0, 0.05) is 25.8 Å². The summed E-state index contributed by atoms with van der Waals surface area (Å²) in [6.45, 7) is 1.85. The van der Waals surface area contributed by atoms with E-state index in [2.05, 4.69) is 16.4 Å². The van der Waals surface area contributed by atoms with E-state index < -0.39 is 0 Å². The van der Waals surface area contributed by atoms with Crippen LogP contribution in [-0.2, 0) is 17.9 Å². The lowest BCUT2D eigenvalue weighted by atomic mass is 10.1. The van der Waals surface area contributed by atoms with Crippen molar-refractivity contribution >= 4 is 35.6 Å². The summed E-state index contributed by atoms with van der Waals surface area (Å²) in [6, 6.07) is 16.8. The van der Waals surface area contributed by atoms with Gasteiger partial charge in [0.1, 0.15) is 0 Å². The summed E-state index contributed by atoms with van der Waals surface area (Å²) in [4.78, 5) is 18.8. The third-order valence-corrected chi connectivity index (χ3v) is 5.43. The number of anilines is 1. The number of benzene rings is 2. The number of nitriles is 1. The van der Waals surface area contributed by atoms with Crippen LogP contribution in [0.15, 0.2) is 61.1 Å². The molecule has 0 saturated carbocycles. The van der Waals surface area contributed by atoms with E-state index in [0.717, 1.165) is 23.4 Å². The van der Waals surface area contributed by atoms with Gasteiger partial charge in [-0.05, 0) is 36.2 Å². The number of hydrogen-bond acceptors (Lipinski definition) is 4. The van der Waals surface area contributed by atoms with Crippen LogP contribution >= 0.6 is 24.0 Å². The second-order valence-corrected chi connectivity index (χ2v) is 7.39. The largest absolute Gasteiger partial charge is 0.329 e. The number of halogens is 2. The fourth-order valence-electron chi connectivity index (χ4n) is 3.53. The zero-order valence-electron chi connectivity index (χ0n) is 16.2. The van der Waals surface area contributed by atoms with Crippen molar-refractivity contribution in [1.29, 1.82) is 5.26 Å². The Kier molecular flexibility index (Phi) is 7.11. The average Bonchev–Trinajstić information content (AvgIpc) is 3.33. The molecule has 1 amide bonds. The van der Waals surface area contributed by atoms with Gasteiger partial charge < -0.3 is 14.8 Å². The molecule has 1 atom stereocenters. The van der Waals surface area contributed by atoms with Gasteiger partial charge in [-0.2, -0.15) is 5.26 Å². The first-order chi connectivity index (χ1) is 14.2. The third-order valence-electron chi connectivity index (χ3n) is 5.11. The highest BCUT2D eigenvalue weighted by Gasteiger charge is 2.33. The predicted molar refractivity (Wildman–Crippen MR) is 119 cm³/mol. The van der Waals surface area contributed by atoms with Gasteiger partial charge in [0.15, 0.2) is 0 Å². The van der Waals surface area contributed by atoms with E-state index in [1.54, 1.807) is 17.3 Å². The van der Waals surface area contributed by atoms with Gasteiger partial charge in [-0.1, -0.05) is 35.9 Å². The number of rotatable bonds is 6. The van der Waals surface area contributed by atoms with Crippen LogP contribution in [0.2, 0.25) is 5.02 Å². The topological polar surface area (TPSA) is 74.0 Å². The highest BCUT2D eigenvalue weighted by molar-refractivity contribution is 6.33. The van der Waals surface area contributed by atoms with Crippen molar-refractivity contribution in [2.45, 2.75) is 25.6 Å². The molecule has 1 saturated heterocycles. The van der Waals surface area contributed by atoms with E-state index in [9.17, 15) is 4.79 Å². The lowest BCUT2D eigenvalue weighted by Crippen LogP contribution is -2.38. The average molecular weight is 442 g/mol. The molecule has 2 aromatic carbocycles. The molecule has 0 bridgehead atoms. The summed E-state index contributed by atoms with van der Waals surface area (Å²) < 4.78 is 2.04. The van der Waals surface area contributed by atoms with Crippen LogP contribution in [0.25, 0.3) is 0 Å². The first-order valence-corrected chi connectivity index (χ1v) is 9.81. The van der Waals surface area contributed by atoms with Crippen LogP contribution in [-0.4, -0.2) is 28.0 Å². The van der Waals surface area contributed by atoms with Crippen LogP contribution in [0.1, 0.15) is 23.2 Å².